The summed E-state index contributed by atoms with van der Waals surface area (Å²) in [6.07, 6.45) is 7.07. The molecule has 2 aromatic rings. The van der Waals surface area contributed by atoms with E-state index in [1.807, 2.05) is 13.8 Å². The van der Waals surface area contributed by atoms with E-state index in [-0.39, 0.29) is 18.0 Å². The highest BCUT2D eigenvalue weighted by molar-refractivity contribution is 7.89. The minimum Gasteiger partial charge on any atom is -0.309 e. The Hall–Kier alpha value is -2.41. The van der Waals surface area contributed by atoms with Crippen molar-refractivity contribution in [1.82, 2.24) is 9.88 Å². The van der Waals surface area contributed by atoms with Gasteiger partial charge >= 0.3 is 6.03 Å². The van der Waals surface area contributed by atoms with Crippen LogP contribution in [-0.4, -0.2) is 30.9 Å². The number of nitrogens with one attached hydrogen (secondary N) is 1. The van der Waals surface area contributed by atoms with Gasteiger partial charge in [-0.15, -0.1) is 17.8 Å². The first-order valence-corrected chi connectivity index (χ1v) is 10.1. The van der Waals surface area contributed by atoms with Gasteiger partial charge in [0.2, 0.25) is 10.0 Å². The van der Waals surface area contributed by atoms with Gasteiger partial charge < -0.3 is 4.90 Å². The van der Waals surface area contributed by atoms with Gasteiger partial charge in [0.15, 0.2) is 5.13 Å². The molecule has 2 amide bonds. The average Bonchev–Trinajstić information content (AvgIpc) is 3.02. The first-order chi connectivity index (χ1) is 12.2. The van der Waals surface area contributed by atoms with Crippen LogP contribution in [0.3, 0.4) is 0 Å². The summed E-state index contributed by atoms with van der Waals surface area (Å²) in [6, 6.07) is 5.77. The number of hydrogen-bond donors (Lipinski definition) is 2. The van der Waals surface area contributed by atoms with E-state index >= 15 is 0 Å². The molecule has 0 radical (unpaired) electrons. The predicted octanol–water partition coefficient (Wildman–Crippen LogP) is 2.58. The Labute approximate surface area is 157 Å². The third kappa shape index (κ3) is 5.05. The van der Waals surface area contributed by atoms with Crippen LogP contribution in [-0.2, 0) is 16.6 Å². The van der Waals surface area contributed by atoms with Crippen LogP contribution in [0, 0.1) is 12.3 Å². The first kappa shape index (κ1) is 19.9. The Balaban J connectivity index is 2.21. The summed E-state index contributed by atoms with van der Waals surface area (Å²) >= 11 is 1.38. The smallest absolute Gasteiger partial charge is 0.309 e. The molecule has 0 aliphatic rings. The van der Waals surface area contributed by atoms with Crippen LogP contribution in [0.1, 0.15) is 30.2 Å². The van der Waals surface area contributed by atoms with Crippen molar-refractivity contribution in [3.05, 3.63) is 40.9 Å². The molecule has 3 N–H and O–H groups in total. The molecule has 138 valence electrons. The molecule has 0 saturated carbocycles. The SMILES string of the molecule is C#CCN(Cc1ccccc1S(N)(=O)=O)C(=O)Nc1ncc(C(C)C)s1. The van der Waals surface area contributed by atoms with E-state index in [1.54, 1.807) is 24.4 Å². The largest absolute Gasteiger partial charge is 0.324 e. The molecule has 0 bridgehead atoms. The fourth-order valence-electron chi connectivity index (χ4n) is 2.21. The number of thiazole rings is 1. The fraction of sp³-hybridized carbons (Fsp3) is 0.294. The van der Waals surface area contributed by atoms with Gasteiger partial charge in [0, 0.05) is 17.6 Å². The Bertz CT molecular complexity index is 929. The second kappa shape index (κ2) is 8.31. The molecular formula is C17H20N4O3S2. The van der Waals surface area contributed by atoms with Crippen molar-refractivity contribution in [2.45, 2.75) is 31.2 Å². The third-order valence-corrected chi connectivity index (χ3v) is 5.74. The van der Waals surface area contributed by atoms with Gasteiger partial charge in [0.25, 0.3) is 0 Å². The number of anilines is 1. The zero-order chi connectivity index (χ0) is 19.3. The Morgan fingerprint density at radius 1 is 1.42 bits per heavy atom. The maximum Gasteiger partial charge on any atom is 0.324 e. The van der Waals surface area contributed by atoms with Crippen LogP contribution in [0.2, 0.25) is 0 Å². The lowest BCUT2D eigenvalue weighted by Gasteiger charge is -2.21. The minimum atomic E-state index is -3.91. The first-order valence-electron chi connectivity index (χ1n) is 7.78. The molecule has 9 heteroatoms. The van der Waals surface area contributed by atoms with Gasteiger partial charge in [-0.1, -0.05) is 38.0 Å². The fourth-order valence-corrected chi connectivity index (χ4v) is 3.78. The van der Waals surface area contributed by atoms with E-state index in [4.69, 9.17) is 11.6 Å². The van der Waals surface area contributed by atoms with Crippen LogP contribution in [0.25, 0.3) is 0 Å². The summed E-state index contributed by atoms with van der Waals surface area (Å²) in [5.41, 5.74) is 0.391. The van der Waals surface area contributed by atoms with Gasteiger partial charge in [0.1, 0.15) is 0 Å². The number of terminal acetylenes is 1. The molecule has 0 spiro atoms. The number of urea groups is 1. The molecular weight excluding hydrogens is 372 g/mol. The van der Waals surface area contributed by atoms with Gasteiger partial charge in [-0.25, -0.2) is 23.3 Å². The van der Waals surface area contributed by atoms with Gasteiger partial charge in [-0.05, 0) is 17.5 Å². The highest BCUT2D eigenvalue weighted by atomic mass is 32.2. The molecule has 1 aromatic heterocycles. The molecule has 0 atom stereocenters. The van der Waals surface area contributed by atoms with E-state index in [0.717, 1.165) is 4.88 Å². The number of hydrogen-bond acceptors (Lipinski definition) is 5. The number of primary sulfonamides is 1. The summed E-state index contributed by atoms with van der Waals surface area (Å²) in [7, 11) is -3.91. The molecule has 1 heterocycles. The number of carbonyl (C=O) groups is 1. The van der Waals surface area contributed by atoms with E-state index in [9.17, 15) is 13.2 Å². The van der Waals surface area contributed by atoms with Crippen molar-refractivity contribution in [2.24, 2.45) is 5.14 Å². The van der Waals surface area contributed by atoms with E-state index in [2.05, 4.69) is 16.2 Å². The van der Waals surface area contributed by atoms with Crippen molar-refractivity contribution in [3.8, 4) is 12.3 Å². The molecule has 7 nitrogen and oxygen atoms in total. The molecule has 1 aromatic carbocycles. The predicted molar refractivity (Wildman–Crippen MR) is 102 cm³/mol. The number of benzene rings is 1. The highest BCUT2D eigenvalue weighted by Crippen LogP contribution is 2.25. The lowest BCUT2D eigenvalue weighted by Crippen LogP contribution is -2.35. The standard InChI is InChI=1S/C17H20N4O3S2/c1-4-9-21(11-13-7-5-6-8-15(13)26(18,23)24)17(22)20-16-19-10-14(25-16)12(2)3/h1,5-8,10,12H,9,11H2,2-3H3,(H2,18,23,24)(H,19,20,22). The summed E-state index contributed by atoms with van der Waals surface area (Å²) in [6.45, 7) is 4.08. The van der Waals surface area contributed by atoms with Crippen molar-refractivity contribution in [3.63, 3.8) is 0 Å². The Morgan fingerprint density at radius 3 is 2.69 bits per heavy atom. The summed E-state index contributed by atoms with van der Waals surface area (Å²) in [5, 5.41) is 8.40. The number of rotatable bonds is 6. The van der Waals surface area contributed by atoms with E-state index in [1.165, 1.54) is 22.3 Å². The number of carbonyl (C=O) groups excluding carboxylic acids is 1. The minimum absolute atomic E-state index is 0.00501. The number of nitrogens with zero attached hydrogens (tertiary/aromatic N) is 2. The number of amides is 2. The van der Waals surface area contributed by atoms with Crippen LogP contribution in [0.4, 0.5) is 9.93 Å². The second-order valence-electron chi connectivity index (χ2n) is 5.87. The second-order valence-corrected chi connectivity index (χ2v) is 8.46. The third-order valence-electron chi connectivity index (χ3n) is 3.52. The monoisotopic (exact) mass is 392 g/mol. The molecule has 0 unspecified atom stereocenters. The van der Waals surface area contributed by atoms with Crippen molar-refractivity contribution < 1.29 is 13.2 Å². The summed E-state index contributed by atoms with van der Waals surface area (Å²) < 4.78 is 23.5. The summed E-state index contributed by atoms with van der Waals surface area (Å²) in [5.74, 6) is 2.71. The van der Waals surface area contributed by atoms with Crippen molar-refractivity contribution in [1.29, 1.82) is 0 Å². The van der Waals surface area contributed by atoms with Gasteiger partial charge in [-0.2, -0.15) is 0 Å². The number of nitrogens with two attached hydrogens (primary N) is 1. The van der Waals surface area contributed by atoms with Crippen molar-refractivity contribution in [2.75, 3.05) is 11.9 Å². The van der Waals surface area contributed by atoms with Crippen LogP contribution < -0.4 is 10.5 Å². The summed E-state index contributed by atoms with van der Waals surface area (Å²) in [4.78, 5) is 19.1. The Morgan fingerprint density at radius 2 is 2.12 bits per heavy atom. The molecule has 2 rings (SSSR count). The molecule has 0 fully saturated rings. The zero-order valence-corrected chi connectivity index (χ0v) is 16.1. The van der Waals surface area contributed by atoms with Gasteiger partial charge in [0.05, 0.1) is 11.4 Å². The van der Waals surface area contributed by atoms with Crippen LogP contribution >= 0.6 is 11.3 Å². The normalized spacial score (nSPS) is 11.2. The lowest BCUT2D eigenvalue weighted by molar-refractivity contribution is 0.215. The molecule has 0 saturated heterocycles. The quantitative estimate of drug-likeness (QED) is 0.737. The highest BCUT2D eigenvalue weighted by Gasteiger charge is 2.20. The molecule has 0 aliphatic heterocycles. The van der Waals surface area contributed by atoms with Crippen LogP contribution in [0.15, 0.2) is 35.4 Å². The number of sulfonamides is 1. The van der Waals surface area contributed by atoms with Gasteiger partial charge in [-0.3, -0.25) is 5.32 Å². The molecule has 26 heavy (non-hydrogen) atoms. The topological polar surface area (TPSA) is 105 Å². The van der Waals surface area contributed by atoms with Crippen molar-refractivity contribution >= 4 is 32.5 Å². The average molecular weight is 393 g/mol. The maximum atomic E-state index is 12.6. The van der Waals surface area contributed by atoms with Crippen LogP contribution in [0.5, 0.6) is 0 Å². The lowest BCUT2D eigenvalue weighted by atomic mass is 10.2. The zero-order valence-electron chi connectivity index (χ0n) is 14.5. The maximum absolute atomic E-state index is 12.6. The van der Waals surface area contributed by atoms with E-state index < -0.39 is 16.1 Å². The number of aromatic nitrogens is 1. The van der Waals surface area contributed by atoms with E-state index in [0.29, 0.717) is 16.6 Å². The molecule has 0 aliphatic carbocycles. The Kier molecular flexibility index (Phi) is 6.37.